The van der Waals surface area contributed by atoms with Crippen LogP contribution in [0.4, 0.5) is 56.2 Å². The Bertz CT molecular complexity index is 1260. The topological polar surface area (TPSA) is 37.4 Å². The van der Waals surface area contributed by atoms with Gasteiger partial charge in [-0.3, -0.25) is 9.59 Å². The molecule has 0 aliphatic carbocycles. The normalized spacial score (nSPS) is 12.5. The van der Waals surface area contributed by atoms with Crippen LogP contribution in [0.15, 0.2) is 89.8 Å². The second kappa shape index (κ2) is 19.1. The first kappa shape index (κ1) is 33.9. The van der Waals surface area contributed by atoms with Crippen molar-refractivity contribution in [3.63, 3.8) is 0 Å². The van der Waals surface area contributed by atoms with E-state index in [4.69, 9.17) is 45.7 Å². The second-order valence-corrected chi connectivity index (χ2v) is 7.58. The van der Waals surface area contributed by atoms with Crippen LogP contribution in [0.25, 0.3) is 27.6 Å². The Kier molecular flexibility index (Phi) is 17.1. The summed E-state index contributed by atoms with van der Waals surface area (Å²) in [4.78, 5) is 27.2. The Labute approximate surface area is 212 Å². The van der Waals surface area contributed by atoms with Gasteiger partial charge in [-0.25, -0.2) is 4.90 Å². The van der Waals surface area contributed by atoms with Gasteiger partial charge >= 0.3 is 0 Å². The summed E-state index contributed by atoms with van der Waals surface area (Å²) in [5, 5.41) is 4.07. The summed E-state index contributed by atoms with van der Waals surface area (Å²) in [5.74, 6) is -0.279. The highest BCUT2D eigenvalue weighted by Crippen LogP contribution is 2.38. The van der Waals surface area contributed by atoms with Gasteiger partial charge in [0, 0.05) is 45.7 Å². The van der Waals surface area contributed by atoms with E-state index in [1.54, 1.807) is 12.1 Å². The van der Waals surface area contributed by atoms with Crippen LogP contribution in [-0.2, 0) is 4.79 Å². The van der Waals surface area contributed by atoms with Crippen molar-refractivity contribution in [1.29, 1.82) is 0 Å². The number of halogens is 10. The summed E-state index contributed by atoms with van der Waals surface area (Å²) in [6.45, 7) is 0. The molecule has 0 spiro atoms. The van der Waals surface area contributed by atoms with E-state index in [1.807, 2.05) is 48.5 Å². The molecule has 0 aromatic heterocycles. The fourth-order valence-electron chi connectivity index (χ4n) is 3.60. The van der Waals surface area contributed by atoms with Crippen LogP contribution in [0.1, 0.15) is 5.56 Å². The van der Waals surface area contributed by atoms with Crippen molar-refractivity contribution in [1.82, 2.24) is 0 Å². The number of carbonyl (C=O) groups excluding carboxylic acids is 2. The number of benzene rings is 4. The van der Waals surface area contributed by atoms with Gasteiger partial charge in [0.15, 0.2) is 0 Å². The lowest BCUT2D eigenvalue weighted by molar-refractivity contribution is -0.113. The molecular formula is C24H15F10NO2S. The van der Waals surface area contributed by atoms with E-state index >= 15 is 0 Å². The zero-order chi connectivity index (χ0) is 29.1. The minimum absolute atomic E-state index is 0.271. The molecule has 4 aromatic carbocycles. The SMILES string of the molecule is FF.FF.FF.FF.FF.O=C1S/C(=C\c2c3ccccc3cc3ccccc23)C(=O)N1c1ccccc1. The largest absolute Gasteiger partial charge is 0.298 e. The van der Waals surface area contributed by atoms with Crippen LogP contribution in [-0.4, -0.2) is 11.1 Å². The van der Waals surface area contributed by atoms with Gasteiger partial charge in [-0.1, -0.05) is 66.7 Å². The molecule has 4 aromatic rings. The first-order chi connectivity index (χ1) is 18.7. The Hall–Kier alpha value is -4.07. The summed E-state index contributed by atoms with van der Waals surface area (Å²) in [5.41, 5.74) is 1.56. The van der Waals surface area contributed by atoms with Gasteiger partial charge in [0.05, 0.1) is 10.6 Å². The zero-order valence-electron chi connectivity index (χ0n) is 18.6. The molecule has 0 atom stereocenters. The van der Waals surface area contributed by atoms with Gasteiger partial charge in [0.1, 0.15) is 0 Å². The number of imide groups is 1. The molecule has 0 bridgehead atoms. The lowest BCUT2D eigenvalue weighted by Crippen LogP contribution is -2.27. The number of hydrogen-bond acceptors (Lipinski definition) is 3. The van der Waals surface area contributed by atoms with E-state index < -0.39 is 0 Å². The Morgan fingerprint density at radius 3 is 1.47 bits per heavy atom. The van der Waals surface area contributed by atoms with Crippen molar-refractivity contribution in [2.24, 2.45) is 0 Å². The summed E-state index contributed by atoms with van der Waals surface area (Å²) in [6, 6.07) is 27.4. The van der Waals surface area contributed by atoms with Gasteiger partial charge in [0.2, 0.25) is 0 Å². The van der Waals surface area contributed by atoms with Crippen molar-refractivity contribution in [3.05, 3.63) is 95.4 Å². The number of nitrogens with zero attached hydrogens (tertiary/aromatic N) is 1. The number of thioether (sulfide) groups is 1. The number of para-hydroxylation sites is 1. The summed E-state index contributed by atoms with van der Waals surface area (Å²) in [7, 11) is 0. The highest BCUT2D eigenvalue weighted by atomic mass is 32.2. The highest BCUT2D eigenvalue weighted by molar-refractivity contribution is 8.19. The first-order valence-corrected chi connectivity index (χ1v) is 10.5. The Balaban J connectivity index is 0.00000124. The van der Waals surface area contributed by atoms with Crippen LogP contribution < -0.4 is 4.90 Å². The molecule has 0 N–H and O–H groups in total. The maximum Gasteiger partial charge on any atom is 0.298 e. The van der Waals surface area contributed by atoms with E-state index in [-0.39, 0.29) is 11.1 Å². The average Bonchev–Trinajstić information content (AvgIpc) is 3.30. The minimum atomic E-state index is -0.279. The smallest absolute Gasteiger partial charge is 0.268 e. The predicted octanol–water partition coefficient (Wildman–Crippen LogP) is 10.4. The van der Waals surface area contributed by atoms with Crippen molar-refractivity contribution in [2.45, 2.75) is 0 Å². The summed E-state index contributed by atoms with van der Waals surface area (Å²) >= 11 is 0.987. The maximum absolute atomic E-state index is 13.0. The fourth-order valence-corrected chi connectivity index (χ4v) is 4.43. The van der Waals surface area contributed by atoms with Gasteiger partial charge in [-0.15, -0.1) is 0 Å². The van der Waals surface area contributed by atoms with E-state index in [1.165, 1.54) is 4.90 Å². The van der Waals surface area contributed by atoms with Crippen LogP contribution >= 0.6 is 11.8 Å². The first-order valence-electron chi connectivity index (χ1n) is 9.67. The monoisotopic (exact) mass is 571 g/mol. The third-order valence-electron chi connectivity index (χ3n) is 4.90. The molecule has 1 heterocycles. The molecule has 3 nitrogen and oxygen atoms in total. The number of fused-ring (bicyclic) bond motifs is 2. The van der Waals surface area contributed by atoms with E-state index in [9.17, 15) is 9.59 Å². The lowest BCUT2D eigenvalue weighted by atomic mass is 9.96. The molecule has 38 heavy (non-hydrogen) atoms. The number of carbonyl (C=O) groups is 2. The number of amides is 2. The highest BCUT2D eigenvalue weighted by Gasteiger charge is 2.36. The quantitative estimate of drug-likeness (QED) is 0.137. The van der Waals surface area contributed by atoms with E-state index in [0.717, 1.165) is 38.9 Å². The van der Waals surface area contributed by atoms with Crippen molar-refractivity contribution in [2.75, 3.05) is 4.90 Å². The molecule has 1 aliphatic rings. The number of anilines is 1. The molecule has 5 rings (SSSR count). The van der Waals surface area contributed by atoms with Crippen molar-refractivity contribution in [3.8, 4) is 0 Å². The maximum atomic E-state index is 13.0. The molecule has 0 saturated carbocycles. The summed E-state index contributed by atoms with van der Waals surface area (Å²) < 4.78 is 80.0. The van der Waals surface area contributed by atoms with Gasteiger partial charge in [-0.05, 0) is 63.1 Å². The number of rotatable bonds is 2. The third kappa shape index (κ3) is 7.96. The van der Waals surface area contributed by atoms with Crippen LogP contribution in [0.5, 0.6) is 0 Å². The molecule has 14 heteroatoms. The Morgan fingerprint density at radius 2 is 1.00 bits per heavy atom. The molecule has 2 amide bonds. The van der Waals surface area contributed by atoms with Gasteiger partial charge in [0.25, 0.3) is 11.1 Å². The molecule has 204 valence electrons. The van der Waals surface area contributed by atoms with Gasteiger partial charge in [-0.2, -0.15) is 0 Å². The molecule has 0 radical (unpaired) electrons. The van der Waals surface area contributed by atoms with Crippen LogP contribution in [0.3, 0.4) is 0 Å². The van der Waals surface area contributed by atoms with Gasteiger partial charge < -0.3 is 0 Å². The summed E-state index contributed by atoms with van der Waals surface area (Å²) in [6.07, 6.45) is 1.86. The fraction of sp³-hybridized carbons (Fsp3) is 0. The molecule has 1 fully saturated rings. The van der Waals surface area contributed by atoms with Crippen molar-refractivity contribution < 1.29 is 55.3 Å². The predicted molar refractivity (Wildman–Crippen MR) is 127 cm³/mol. The van der Waals surface area contributed by atoms with Crippen LogP contribution in [0.2, 0.25) is 0 Å². The third-order valence-corrected chi connectivity index (χ3v) is 5.77. The standard InChI is InChI=1S/C24H15NO2S.5F2/c26-23-22(28-24(27)25(23)18-10-2-1-3-11-18)15-21-19-12-6-4-8-16(19)14-17-9-5-7-13-20(17)21;5*1-2/h1-15H;;;;;/b22-15-;;;;;. The van der Waals surface area contributed by atoms with E-state index in [2.05, 4.69) is 30.3 Å². The van der Waals surface area contributed by atoms with Crippen molar-refractivity contribution >= 4 is 56.2 Å². The lowest BCUT2D eigenvalue weighted by Gasteiger charge is -2.12. The zero-order valence-corrected chi connectivity index (χ0v) is 19.4. The molecule has 0 unspecified atom stereocenters. The van der Waals surface area contributed by atoms with Crippen LogP contribution in [0, 0.1) is 0 Å². The Morgan fingerprint density at radius 1 is 0.579 bits per heavy atom. The molecular weight excluding hydrogens is 556 g/mol. The van der Waals surface area contributed by atoms with E-state index in [0.29, 0.717) is 10.6 Å². The second-order valence-electron chi connectivity index (χ2n) is 6.59. The molecule has 1 aliphatic heterocycles. The number of hydrogen-bond donors (Lipinski definition) is 0. The average molecular weight is 571 g/mol. The molecule has 1 saturated heterocycles. The minimum Gasteiger partial charge on any atom is -0.268 e.